The van der Waals surface area contributed by atoms with E-state index in [0.29, 0.717) is 0 Å². The molecule has 188 valence electrons. The fourth-order valence-corrected chi connectivity index (χ4v) is 3.63. The second kappa shape index (κ2) is 14.4. The monoisotopic (exact) mass is 518 g/mol. The van der Waals surface area contributed by atoms with Gasteiger partial charge < -0.3 is 26.8 Å². The Kier molecular flexibility index (Phi) is 11.6. The Morgan fingerprint density at radius 1 is 0.686 bits per heavy atom. The highest BCUT2D eigenvalue weighted by atomic mass is 32.1. The van der Waals surface area contributed by atoms with Crippen LogP contribution < -0.4 is 21.7 Å². The summed E-state index contributed by atoms with van der Waals surface area (Å²) >= 11 is 8.10. The maximum absolute atomic E-state index is 13.2. The molecule has 0 aliphatic heterocycles. The van der Waals surface area contributed by atoms with Crippen LogP contribution in [0.2, 0.25) is 0 Å². The normalized spacial score (nSPS) is 14.1. The largest absolute Gasteiger partial charge is 0.480 e. The first-order valence-corrected chi connectivity index (χ1v) is 12.2. The summed E-state index contributed by atoms with van der Waals surface area (Å²) in [5, 5.41) is 17.3. The standard InChI is InChI=1S/C24H30N4O5S2/c25-17(13-34)21(29)28-20(14-35)23(31)26-18(11-15-7-3-1-4-8-15)22(30)27-19(24(32)33)12-16-9-5-2-6-10-16/h1-10,17-20,34-35H,11-14,25H2,(H,26,31)(H,27,30)(H,28,29)(H,32,33). The Bertz CT molecular complexity index is 994. The molecule has 9 nitrogen and oxygen atoms in total. The molecule has 2 aromatic carbocycles. The van der Waals surface area contributed by atoms with Crippen molar-refractivity contribution in [1.29, 1.82) is 0 Å². The molecule has 2 aromatic rings. The summed E-state index contributed by atoms with van der Waals surface area (Å²) in [7, 11) is 0. The van der Waals surface area contributed by atoms with Gasteiger partial charge in [-0.25, -0.2) is 4.79 Å². The maximum Gasteiger partial charge on any atom is 0.326 e. The number of rotatable bonds is 13. The third-order valence-corrected chi connectivity index (χ3v) is 5.92. The van der Waals surface area contributed by atoms with E-state index in [9.17, 15) is 24.3 Å². The number of aliphatic carboxylic acids is 1. The number of benzene rings is 2. The van der Waals surface area contributed by atoms with E-state index in [4.69, 9.17) is 5.73 Å². The quantitative estimate of drug-likeness (QED) is 0.188. The Labute approximate surface area is 215 Å². The molecule has 3 amide bonds. The maximum atomic E-state index is 13.2. The molecule has 0 saturated carbocycles. The van der Waals surface area contributed by atoms with Gasteiger partial charge >= 0.3 is 5.97 Å². The molecule has 6 N–H and O–H groups in total. The second-order valence-corrected chi connectivity index (χ2v) is 8.60. The van der Waals surface area contributed by atoms with Gasteiger partial charge in [-0.3, -0.25) is 14.4 Å². The van der Waals surface area contributed by atoms with Crippen molar-refractivity contribution in [1.82, 2.24) is 16.0 Å². The van der Waals surface area contributed by atoms with Crippen LogP contribution in [0.5, 0.6) is 0 Å². The predicted molar refractivity (Wildman–Crippen MR) is 139 cm³/mol. The molecular weight excluding hydrogens is 488 g/mol. The number of carbonyl (C=O) groups is 4. The van der Waals surface area contributed by atoms with E-state index >= 15 is 0 Å². The Morgan fingerprint density at radius 3 is 1.57 bits per heavy atom. The molecule has 0 aromatic heterocycles. The first-order chi connectivity index (χ1) is 16.7. The summed E-state index contributed by atoms with van der Waals surface area (Å²) in [5.74, 6) is -3.04. The lowest BCUT2D eigenvalue weighted by atomic mass is 10.0. The SMILES string of the molecule is NC(CS)C(=O)NC(CS)C(=O)NC(Cc1ccccc1)C(=O)NC(Cc1ccccc1)C(=O)O. The molecule has 0 fully saturated rings. The van der Waals surface area contributed by atoms with Crippen molar-refractivity contribution in [3.05, 3.63) is 71.8 Å². The lowest BCUT2D eigenvalue weighted by molar-refractivity contribution is -0.142. The van der Waals surface area contributed by atoms with Crippen LogP contribution >= 0.6 is 25.3 Å². The van der Waals surface area contributed by atoms with Crippen LogP contribution in [0.1, 0.15) is 11.1 Å². The van der Waals surface area contributed by atoms with Crippen LogP contribution in [0.3, 0.4) is 0 Å². The highest BCUT2D eigenvalue weighted by Gasteiger charge is 2.30. The zero-order chi connectivity index (χ0) is 25.8. The topological polar surface area (TPSA) is 151 Å². The molecular formula is C24H30N4O5S2. The average Bonchev–Trinajstić information content (AvgIpc) is 2.86. The first kappa shape index (κ1) is 28.2. The highest BCUT2D eigenvalue weighted by Crippen LogP contribution is 2.07. The Hall–Kier alpha value is -3.02. The van der Waals surface area contributed by atoms with Gasteiger partial charge in [0.05, 0.1) is 6.04 Å². The molecule has 0 spiro atoms. The summed E-state index contributed by atoms with van der Waals surface area (Å²) in [6.07, 6.45) is 0.185. The number of nitrogens with two attached hydrogens (primary N) is 1. The van der Waals surface area contributed by atoms with E-state index in [0.717, 1.165) is 11.1 Å². The summed E-state index contributed by atoms with van der Waals surface area (Å²) in [6, 6.07) is 13.6. The van der Waals surface area contributed by atoms with Crippen molar-refractivity contribution in [2.45, 2.75) is 37.0 Å². The fourth-order valence-electron chi connectivity index (χ4n) is 3.21. The van der Waals surface area contributed by atoms with Gasteiger partial charge in [-0.05, 0) is 11.1 Å². The number of nitrogens with one attached hydrogen (secondary N) is 3. The van der Waals surface area contributed by atoms with Gasteiger partial charge in [-0.1, -0.05) is 60.7 Å². The number of thiol groups is 2. The van der Waals surface area contributed by atoms with Crippen molar-refractivity contribution in [3.8, 4) is 0 Å². The first-order valence-electron chi connectivity index (χ1n) is 10.9. The van der Waals surface area contributed by atoms with Gasteiger partial charge in [0.25, 0.3) is 0 Å². The molecule has 0 aliphatic rings. The van der Waals surface area contributed by atoms with Crippen LogP contribution in [0.15, 0.2) is 60.7 Å². The molecule has 11 heteroatoms. The molecule has 2 rings (SSSR count). The van der Waals surface area contributed by atoms with Crippen LogP contribution in [0.4, 0.5) is 0 Å². The van der Waals surface area contributed by atoms with Gasteiger partial charge in [0.1, 0.15) is 18.1 Å². The summed E-state index contributed by atoms with van der Waals surface area (Å²) < 4.78 is 0. The highest BCUT2D eigenvalue weighted by molar-refractivity contribution is 7.80. The Morgan fingerprint density at radius 2 is 1.11 bits per heavy atom. The van der Waals surface area contributed by atoms with Crippen molar-refractivity contribution in [2.24, 2.45) is 5.73 Å². The van der Waals surface area contributed by atoms with Crippen LogP contribution in [0.25, 0.3) is 0 Å². The summed E-state index contributed by atoms with van der Waals surface area (Å²) in [4.78, 5) is 50.0. The van der Waals surface area contributed by atoms with Gasteiger partial charge in [-0.2, -0.15) is 25.3 Å². The molecule has 0 heterocycles. The number of carboxylic acids is 1. The zero-order valence-corrected chi connectivity index (χ0v) is 20.8. The van der Waals surface area contributed by atoms with Gasteiger partial charge in [-0.15, -0.1) is 0 Å². The van der Waals surface area contributed by atoms with E-state index in [2.05, 4.69) is 41.2 Å². The molecule has 0 bridgehead atoms. The van der Waals surface area contributed by atoms with Crippen molar-refractivity contribution >= 4 is 48.9 Å². The van der Waals surface area contributed by atoms with Gasteiger partial charge in [0, 0.05) is 24.3 Å². The Balaban J connectivity index is 2.18. The lowest BCUT2D eigenvalue weighted by Crippen LogP contribution is -2.58. The molecule has 4 unspecified atom stereocenters. The summed E-state index contributed by atoms with van der Waals surface area (Å²) in [5.41, 5.74) is 7.15. The molecule has 0 aliphatic carbocycles. The predicted octanol–water partition coefficient (Wildman–Crippen LogP) is 0.198. The van der Waals surface area contributed by atoms with E-state index in [1.54, 1.807) is 48.5 Å². The van der Waals surface area contributed by atoms with Crippen LogP contribution in [-0.4, -0.2) is 64.5 Å². The van der Waals surface area contributed by atoms with Crippen LogP contribution in [-0.2, 0) is 32.0 Å². The van der Waals surface area contributed by atoms with E-state index in [1.807, 2.05) is 12.1 Å². The van der Waals surface area contributed by atoms with Gasteiger partial charge in [0.2, 0.25) is 17.7 Å². The minimum atomic E-state index is -1.20. The minimum Gasteiger partial charge on any atom is -0.480 e. The average molecular weight is 519 g/mol. The van der Waals surface area contributed by atoms with Crippen molar-refractivity contribution in [3.63, 3.8) is 0 Å². The third-order valence-electron chi connectivity index (χ3n) is 5.16. The number of amides is 3. The van der Waals surface area contributed by atoms with Crippen molar-refractivity contribution < 1.29 is 24.3 Å². The third kappa shape index (κ3) is 9.27. The van der Waals surface area contributed by atoms with E-state index < -0.39 is 47.9 Å². The minimum absolute atomic E-state index is 0.0394. The molecule has 0 radical (unpaired) electrons. The zero-order valence-electron chi connectivity index (χ0n) is 19.0. The van der Waals surface area contributed by atoms with E-state index in [-0.39, 0.29) is 24.3 Å². The number of carboxylic acid groups (broad SMARTS) is 1. The molecule has 35 heavy (non-hydrogen) atoms. The molecule has 0 saturated heterocycles. The second-order valence-electron chi connectivity index (χ2n) is 7.87. The fraction of sp³-hybridized carbons (Fsp3) is 0.333. The van der Waals surface area contributed by atoms with Crippen LogP contribution in [0, 0.1) is 0 Å². The number of carbonyl (C=O) groups excluding carboxylic acids is 3. The van der Waals surface area contributed by atoms with Crippen molar-refractivity contribution in [2.75, 3.05) is 11.5 Å². The smallest absolute Gasteiger partial charge is 0.326 e. The van der Waals surface area contributed by atoms with E-state index in [1.165, 1.54) is 0 Å². The lowest BCUT2D eigenvalue weighted by Gasteiger charge is -2.24. The number of hydrogen-bond acceptors (Lipinski definition) is 7. The summed E-state index contributed by atoms with van der Waals surface area (Å²) in [6.45, 7) is 0. The number of hydrogen-bond donors (Lipinski definition) is 7. The molecule has 4 atom stereocenters. The van der Waals surface area contributed by atoms with Gasteiger partial charge in [0.15, 0.2) is 0 Å².